The first-order chi connectivity index (χ1) is 5.06. The third-order valence-electron chi connectivity index (χ3n) is 1.93. The maximum atomic E-state index is 2.44. The number of hydrogen-bond acceptors (Lipinski definition) is 0. The standard InChI is InChI=1S/C10H24P/c1-5-6-7-8-9-10-11(2,3)4/h5-10H2,1-4H3/q+1. The molecule has 11 heavy (non-hydrogen) atoms. The second-order valence-corrected chi connectivity index (χ2v) is 9.46. The summed E-state index contributed by atoms with van der Waals surface area (Å²) in [7, 11) is -0.464. The molecule has 0 nitrogen and oxygen atoms in total. The molecule has 0 aliphatic heterocycles. The van der Waals surface area contributed by atoms with E-state index >= 15 is 0 Å². The topological polar surface area (TPSA) is 0 Å². The van der Waals surface area contributed by atoms with E-state index in [2.05, 4.69) is 26.9 Å². The molecule has 0 amide bonds. The van der Waals surface area contributed by atoms with Gasteiger partial charge in [-0.1, -0.05) is 26.2 Å². The molecule has 0 bridgehead atoms. The molecule has 0 aliphatic carbocycles. The van der Waals surface area contributed by atoms with Crippen molar-refractivity contribution in [1.82, 2.24) is 0 Å². The minimum atomic E-state index is -0.464. The molecule has 0 aromatic heterocycles. The number of rotatable bonds is 6. The first-order valence-electron chi connectivity index (χ1n) is 4.86. The molecule has 1 heteroatoms. The summed E-state index contributed by atoms with van der Waals surface area (Å²) in [5, 5.41) is 0. The molecular weight excluding hydrogens is 151 g/mol. The molecule has 0 spiro atoms. The monoisotopic (exact) mass is 175 g/mol. The Morgan fingerprint density at radius 1 is 0.818 bits per heavy atom. The van der Waals surface area contributed by atoms with E-state index in [0.29, 0.717) is 0 Å². The van der Waals surface area contributed by atoms with Crippen LogP contribution in [0.2, 0.25) is 0 Å². The first kappa shape index (κ1) is 11.4. The lowest BCUT2D eigenvalue weighted by atomic mass is 10.2. The average Bonchev–Trinajstić information content (AvgIpc) is 1.85. The van der Waals surface area contributed by atoms with E-state index in [1.807, 2.05) is 0 Å². The van der Waals surface area contributed by atoms with Gasteiger partial charge in [0.2, 0.25) is 0 Å². The van der Waals surface area contributed by atoms with E-state index in [0.717, 1.165) is 0 Å². The van der Waals surface area contributed by atoms with Crippen molar-refractivity contribution in [2.75, 3.05) is 26.2 Å². The molecular formula is C10H24P+. The minimum Gasteiger partial charge on any atom is -0.0654 e. The first-order valence-corrected chi connectivity index (χ1v) is 8.18. The lowest BCUT2D eigenvalue weighted by Crippen LogP contribution is -1.92. The van der Waals surface area contributed by atoms with Crippen LogP contribution < -0.4 is 0 Å². The van der Waals surface area contributed by atoms with Crippen LogP contribution in [0, 0.1) is 0 Å². The highest BCUT2D eigenvalue weighted by molar-refractivity contribution is 7.73. The van der Waals surface area contributed by atoms with Gasteiger partial charge in [-0.05, 0) is 12.8 Å². The van der Waals surface area contributed by atoms with Crippen LogP contribution in [0.4, 0.5) is 0 Å². The molecule has 0 unspecified atom stereocenters. The van der Waals surface area contributed by atoms with Gasteiger partial charge < -0.3 is 0 Å². The molecule has 0 heterocycles. The fourth-order valence-electron chi connectivity index (χ4n) is 1.19. The lowest BCUT2D eigenvalue weighted by molar-refractivity contribution is 0.658. The van der Waals surface area contributed by atoms with Gasteiger partial charge in [0.05, 0.1) is 6.16 Å². The summed E-state index contributed by atoms with van der Waals surface area (Å²) in [4.78, 5) is 0. The quantitative estimate of drug-likeness (QED) is 0.424. The third-order valence-corrected chi connectivity index (χ3v) is 3.59. The van der Waals surface area contributed by atoms with Crippen LogP contribution in [-0.4, -0.2) is 26.2 Å². The molecule has 0 aromatic carbocycles. The fourth-order valence-corrected chi connectivity index (χ4v) is 2.36. The normalized spacial score (nSPS) is 12.0. The Morgan fingerprint density at radius 3 is 1.82 bits per heavy atom. The zero-order chi connectivity index (χ0) is 8.74. The zero-order valence-corrected chi connectivity index (χ0v) is 9.58. The van der Waals surface area contributed by atoms with Crippen LogP contribution in [0.1, 0.15) is 39.0 Å². The van der Waals surface area contributed by atoms with E-state index in [9.17, 15) is 0 Å². The molecule has 0 aliphatic rings. The SMILES string of the molecule is CCCCCCC[P+](C)(C)C. The number of unbranched alkanes of at least 4 members (excludes halogenated alkanes) is 4. The Kier molecular flexibility index (Phi) is 6.24. The van der Waals surface area contributed by atoms with Crippen LogP contribution in [0.25, 0.3) is 0 Å². The summed E-state index contributed by atoms with van der Waals surface area (Å²) in [5.74, 6) is 0. The second kappa shape index (κ2) is 6.00. The summed E-state index contributed by atoms with van der Waals surface area (Å²) in [5.41, 5.74) is 0. The molecule has 68 valence electrons. The van der Waals surface area contributed by atoms with Crippen LogP contribution in [0.15, 0.2) is 0 Å². The van der Waals surface area contributed by atoms with Gasteiger partial charge in [-0.2, -0.15) is 0 Å². The van der Waals surface area contributed by atoms with Gasteiger partial charge >= 0.3 is 0 Å². The molecule has 0 fully saturated rings. The molecule has 0 aromatic rings. The summed E-state index contributed by atoms with van der Waals surface area (Å²) in [6, 6.07) is 0. The lowest BCUT2D eigenvalue weighted by Gasteiger charge is -2.10. The molecule has 0 saturated heterocycles. The van der Waals surface area contributed by atoms with Crippen molar-refractivity contribution in [3.05, 3.63) is 0 Å². The highest BCUT2D eigenvalue weighted by Crippen LogP contribution is 2.47. The van der Waals surface area contributed by atoms with Gasteiger partial charge in [0.15, 0.2) is 0 Å². The summed E-state index contributed by atoms with van der Waals surface area (Å²) in [6.45, 7) is 9.59. The Balaban J connectivity index is 3.02. The molecule has 0 rings (SSSR count). The Bertz CT molecular complexity index is 81.4. The van der Waals surface area contributed by atoms with Crippen LogP contribution in [-0.2, 0) is 0 Å². The summed E-state index contributed by atoms with van der Waals surface area (Å²) >= 11 is 0. The van der Waals surface area contributed by atoms with Gasteiger partial charge in [-0.15, -0.1) is 0 Å². The molecule has 0 atom stereocenters. The minimum absolute atomic E-state index is 0.464. The fraction of sp³-hybridized carbons (Fsp3) is 1.00. The Hall–Kier alpha value is 0.430. The highest BCUT2D eigenvalue weighted by atomic mass is 31.2. The van der Waals surface area contributed by atoms with Crippen molar-refractivity contribution < 1.29 is 0 Å². The Morgan fingerprint density at radius 2 is 1.36 bits per heavy atom. The predicted octanol–water partition coefficient (Wildman–Crippen LogP) is 3.86. The van der Waals surface area contributed by atoms with Gasteiger partial charge in [0.25, 0.3) is 0 Å². The molecule has 0 radical (unpaired) electrons. The number of hydrogen-bond donors (Lipinski definition) is 0. The average molecular weight is 175 g/mol. The van der Waals surface area contributed by atoms with Gasteiger partial charge in [0, 0.05) is 27.3 Å². The van der Waals surface area contributed by atoms with E-state index in [4.69, 9.17) is 0 Å². The summed E-state index contributed by atoms with van der Waals surface area (Å²) in [6.07, 6.45) is 8.68. The van der Waals surface area contributed by atoms with Gasteiger partial charge in [-0.3, -0.25) is 0 Å². The molecule has 0 saturated carbocycles. The third kappa shape index (κ3) is 10.4. The van der Waals surface area contributed by atoms with E-state index < -0.39 is 7.26 Å². The van der Waals surface area contributed by atoms with Crippen molar-refractivity contribution in [3.8, 4) is 0 Å². The predicted molar refractivity (Wildman–Crippen MR) is 58.3 cm³/mol. The van der Waals surface area contributed by atoms with Crippen molar-refractivity contribution in [1.29, 1.82) is 0 Å². The van der Waals surface area contributed by atoms with Crippen molar-refractivity contribution in [3.63, 3.8) is 0 Å². The van der Waals surface area contributed by atoms with Crippen molar-refractivity contribution >= 4 is 7.26 Å². The smallest absolute Gasteiger partial charge is 0.0586 e. The van der Waals surface area contributed by atoms with Crippen molar-refractivity contribution in [2.45, 2.75) is 39.0 Å². The van der Waals surface area contributed by atoms with Crippen molar-refractivity contribution in [2.24, 2.45) is 0 Å². The maximum absolute atomic E-state index is 2.44. The molecule has 0 N–H and O–H groups in total. The van der Waals surface area contributed by atoms with Crippen LogP contribution in [0.3, 0.4) is 0 Å². The highest BCUT2D eigenvalue weighted by Gasteiger charge is 2.15. The second-order valence-electron chi connectivity index (χ2n) is 4.43. The van der Waals surface area contributed by atoms with Crippen LogP contribution >= 0.6 is 7.26 Å². The maximum Gasteiger partial charge on any atom is 0.0586 e. The van der Waals surface area contributed by atoms with Gasteiger partial charge in [-0.25, -0.2) is 0 Å². The summed E-state index contributed by atoms with van der Waals surface area (Å²) < 4.78 is 0. The van der Waals surface area contributed by atoms with E-state index in [1.54, 1.807) is 0 Å². The van der Waals surface area contributed by atoms with E-state index in [-0.39, 0.29) is 0 Å². The zero-order valence-electron chi connectivity index (χ0n) is 8.69. The van der Waals surface area contributed by atoms with E-state index in [1.165, 1.54) is 38.3 Å². The largest absolute Gasteiger partial charge is 0.0654 e. The Labute approximate surface area is 73.1 Å². The van der Waals surface area contributed by atoms with Gasteiger partial charge in [0.1, 0.15) is 0 Å². The van der Waals surface area contributed by atoms with Crippen LogP contribution in [0.5, 0.6) is 0 Å².